The Morgan fingerprint density at radius 3 is 2.67 bits per heavy atom. The molecule has 30 heavy (non-hydrogen) atoms. The first kappa shape index (κ1) is 19.1. The van der Waals surface area contributed by atoms with Gasteiger partial charge in [-0.2, -0.15) is 0 Å². The second-order valence-corrected chi connectivity index (χ2v) is 9.78. The number of anilines is 2. The number of rotatable bonds is 4. The minimum atomic E-state index is 0.0326. The van der Waals surface area contributed by atoms with Gasteiger partial charge in [0, 0.05) is 31.2 Å². The highest BCUT2D eigenvalue weighted by atomic mass is 32.1. The third kappa shape index (κ3) is 3.77. The summed E-state index contributed by atoms with van der Waals surface area (Å²) < 4.78 is 1.86. The maximum atomic E-state index is 4.71. The average Bonchev–Trinajstić information content (AvgIpc) is 3.31. The Labute approximate surface area is 180 Å². The van der Waals surface area contributed by atoms with Gasteiger partial charge in [0.25, 0.3) is 0 Å². The van der Waals surface area contributed by atoms with E-state index in [1.54, 1.807) is 11.3 Å². The summed E-state index contributed by atoms with van der Waals surface area (Å²) >= 11 is 1.57. The molecule has 4 aromatic rings. The van der Waals surface area contributed by atoms with Crippen molar-refractivity contribution in [3.05, 3.63) is 71.2 Å². The molecule has 6 nitrogen and oxygen atoms in total. The quantitative estimate of drug-likeness (QED) is 0.522. The Bertz CT molecular complexity index is 1140. The molecule has 0 atom stereocenters. The van der Waals surface area contributed by atoms with Crippen LogP contribution in [-0.2, 0) is 24.9 Å². The fourth-order valence-corrected chi connectivity index (χ4v) is 4.49. The van der Waals surface area contributed by atoms with Crippen LogP contribution in [0.25, 0.3) is 4.96 Å². The minimum Gasteiger partial charge on any atom is -0.356 e. The van der Waals surface area contributed by atoms with Crippen molar-refractivity contribution in [3.63, 3.8) is 0 Å². The topological polar surface area (TPSA) is 58.4 Å². The highest BCUT2D eigenvalue weighted by molar-refractivity contribution is 7.20. The fraction of sp³-hybridized carbons (Fsp3) is 0.348. The smallest absolute Gasteiger partial charge is 0.214 e. The maximum absolute atomic E-state index is 4.71. The van der Waals surface area contributed by atoms with Crippen LogP contribution in [-0.4, -0.2) is 26.1 Å². The lowest BCUT2D eigenvalue weighted by molar-refractivity contribution is 0.572. The Morgan fingerprint density at radius 1 is 1.10 bits per heavy atom. The molecule has 0 fully saturated rings. The van der Waals surface area contributed by atoms with Crippen molar-refractivity contribution in [1.82, 2.24) is 19.6 Å². The van der Waals surface area contributed by atoms with Crippen molar-refractivity contribution in [3.8, 4) is 0 Å². The van der Waals surface area contributed by atoms with Crippen molar-refractivity contribution < 1.29 is 0 Å². The van der Waals surface area contributed by atoms with Gasteiger partial charge in [-0.15, -0.1) is 5.10 Å². The summed E-state index contributed by atoms with van der Waals surface area (Å²) in [6.07, 6.45) is 5.05. The molecule has 1 aromatic carbocycles. The van der Waals surface area contributed by atoms with E-state index in [4.69, 9.17) is 9.97 Å². The molecule has 0 saturated carbocycles. The number of nitrogens with zero attached hydrogens (tertiary/aromatic N) is 5. The second-order valence-electron chi connectivity index (χ2n) is 8.83. The Kier molecular flexibility index (Phi) is 4.70. The Hall–Kier alpha value is -2.93. The molecule has 3 aromatic heterocycles. The molecule has 0 amide bonds. The molecule has 0 saturated heterocycles. The molecule has 0 spiro atoms. The van der Waals surface area contributed by atoms with Gasteiger partial charge in [0.1, 0.15) is 5.82 Å². The summed E-state index contributed by atoms with van der Waals surface area (Å²) in [7, 11) is 0. The predicted octanol–water partition coefficient (Wildman–Crippen LogP) is 4.66. The Balaban J connectivity index is 1.22. The van der Waals surface area contributed by atoms with E-state index >= 15 is 0 Å². The first-order valence-electron chi connectivity index (χ1n) is 10.3. The summed E-state index contributed by atoms with van der Waals surface area (Å²) in [6.45, 7) is 9.12. The molecule has 7 heteroatoms. The van der Waals surface area contributed by atoms with Crippen LogP contribution in [0, 0.1) is 0 Å². The number of hydrogen-bond acceptors (Lipinski definition) is 6. The van der Waals surface area contributed by atoms with Crippen LogP contribution in [0.4, 0.5) is 10.9 Å². The van der Waals surface area contributed by atoms with Crippen molar-refractivity contribution in [2.45, 2.75) is 45.7 Å². The summed E-state index contributed by atoms with van der Waals surface area (Å²) in [5, 5.41) is 8.88. The van der Waals surface area contributed by atoms with Crippen LogP contribution in [0.15, 0.2) is 48.8 Å². The van der Waals surface area contributed by atoms with Crippen LogP contribution in [0.2, 0.25) is 0 Å². The largest absolute Gasteiger partial charge is 0.356 e. The standard InChI is InChI=1S/C23H26N6S/c1-23(2,3)19-15-29-22(26-19)30-21(27-29)25-13-16-8-9-20(24-12-16)28-11-10-17-6-4-5-7-18(17)14-28/h4-9,12,15H,10-11,13-14H2,1-3H3,(H,25,27). The van der Waals surface area contributed by atoms with E-state index in [2.05, 4.69) is 72.5 Å². The molecule has 1 aliphatic rings. The van der Waals surface area contributed by atoms with Crippen molar-refractivity contribution in [2.24, 2.45) is 0 Å². The SMILES string of the molecule is CC(C)(C)c1cn2nc(NCc3ccc(N4CCc5ccccc5C4)nc3)sc2n1. The summed E-state index contributed by atoms with van der Waals surface area (Å²) in [4.78, 5) is 12.7. The van der Waals surface area contributed by atoms with Gasteiger partial charge in [-0.05, 0) is 29.2 Å². The zero-order valence-electron chi connectivity index (χ0n) is 17.6. The lowest BCUT2D eigenvalue weighted by Gasteiger charge is -2.29. The van der Waals surface area contributed by atoms with Gasteiger partial charge in [0.2, 0.25) is 10.1 Å². The van der Waals surface area contributed by atoms with Gasteiger partial charge >= 0.3 is 0 Å². The van der Waals surface area contributed by atoms with Crippen molar-refractivity contribution >= 4 is 27.2 Å². The number of benzene rings is 1. The van der Waals surface area contributed by atoms with E-state index < -0.39 is 0 Å². The first-order chi connectivity index (χ1) is 14.5. The van der Waals surface area contributed by atoms with Gasteiger partial charge < -0.3 is 10.2 Å². The molecule has 1 N–H and O–H groups in total. The van der Waals surface area contributed by atoms with Crippen LogP contribution in [0.3, 0.4) is 0 Å². The first-order valence-corrected chi connectivity index (χ1v) is 11.1. The monoisotopic (exact) mass is 418 g/mol. The zero-order valence-corrected chi connectivity index (χ0v) is 18.4. The number of fused-ring (bicyclic) bond motifs is 2. The molecule has 0 bridgehead atoms. The van der Waals surface area contributed by atoms with Crippen LogP contribution < -0.4 is 10.2 Å². The number of imidazole rings is 1. The molecule has 154 valence electrons. The molecule has 1 aliphatic heterocycles. The minimum absolute atomic E-state index is 0.0326. The van der Waals surface area contributed by atoms with Gasteiger partial charge in [0.15, 0.2) is 0 Å². The van der Waals surface area contributed by atoms with Gasteiger partial charge in [-0.1, -0.05) is 62.4 Å². The van der Waals surface area contributed by atoms with E-state index in [9.17, 15) is 0 Å². The highest BCUT2D eigenvalue weighted by Gasteiger charge is 2.19. The van der Waals surface area contributed by atoms with Gasteiger partial charge in [-0.25, -0.2) is 14.5 Å². The predicted molar refractivity (Wildman–Crippen MR) is 122 cm³/mol. The maximum Gasteiger partial charge on any atom is 0.214 e. The molecule has 0 aliphatic carbocycles. The van der Waals surface area contributed by atoms with Crippen molar-refractivity contribution in [2.75, 3.05) is 16.8 Å². The summed E-state index contributed by atoms with van der Waals surface area (Å²) in [5.41, 5.74) is 5.09. The molecule has 0 unspecified atom stereocenters. The van der Waals surface area contributed by atoms with Gasteiger partial charge in [0.05, 0.1) is 11.9 Å². The number of hydrogen-bond donors (Lipinski definition) is 1. The fourth-order valence-electron chi connectivity index (χ4n) is 3.71. The second kappa shape index (κ2) is 7.40. The van der Waals surface area contributed by atoms with E-state index in [0.717, 1.165) is 46.7 Å². The number of nitrogens with one attached hydrogen (secondary N) is 1. The average molecular weight is 419 g/mol. The Morgan fingerprint density at radius 2 is 1.93 bits per heavy atom. The summed E-state index contributed by atoms with van der Waals surface area (Å²) in [6, 6.07) is 13.0. The van der Waals surface area contributed by atoms with Crippen LogP contribution >= 0.6 is 11.3 Å². The molecule has 0 radical (unpaired) electrons. The van der Waals surface area contributed by atoms with E-state index in [-0.39, 0.29) is 5.41 Å². The summed E-state index contributed by atoms with van der Waals surface area (Å²) in [5.74, 6) is 1.04. The molecule has 4 heterocycles. The molecular weight excluding hydrogens is 392 g/mol. The van der Waals surface area contributed by atoms with Crippen LogP contribution in [0.1, 0.15) is 43.2 Å². The third-order valence-corrected chi connectivity index (χ3v) is 6.40. The normalized spacial score (nSPS) is 14.2. The van der Waals surface area contributed by atoms with E-state index in [1.165, 1.54) is 11.1 Å². The highest BCUT2D eigenvalue weighted by Crippen LogP contribution is 2.26. The van der Waals surface area contributed by atoms with E-state index in [1.807, 2.05) is 16.9 Å². The zero-order chi connectivity index (χ0) is 20.7. The molecular formula is C23H26N6S. The lowest BCUT2D eigenvalue weighted by Crippen LogP contribution is -2.30. The van der Waals surface area contributed by atoms with Gasteiger partial charge in [-0.3, -0.25) is 0 Å². The lowest BCUT2D eigenvalue weighted by atomic mass is 9.93. The van der Waals surface area contributed by atoms with E-state index in [0.29, 0.717) is 6.54 Å². The van der Waals surface area contributed by atoms with Crippen molar-refractivity contribution in [1.29, 1.82) is 0 Å². The van der Waals surface area contributed by atoms with Crippen LogP contribution in [0.5, 0.6) is 0 Å². The molecule has 5 rings (SSSR count). The third-order valence-electron chi connectivity index (χ3n) is 5.52. The number of pyridine rings is 1. The number of aromatic nitrogens is 4.